The minimum absolute atomic E-state index is 0.109. The summed E-state index contributed by atoms with van der Waals surface area (Å²) in [5.74, 6) is 0.0481. The molecule has 0 spiro atoms. The maximum absolute atomic E-state index is 13.0. The standard InChI is InChI=1S/C25H37N3O5/c1-24(2,3)26-21(29)17-25(11-5-6-12-25)23(31)33-18-22(30)28-15-13-27(14-16-28)19-7-9-20(32-4)10-8-19/h7-10H,5-6,11-18H2,1-4H3,(H,26,29). The zero-order chi connectivity index (χ0) is 24.1. The van der Waals surface area contributed by atoms with Crippen LogP contribution < -0.4 is 15.0 Å². The molecular formula is C25H37N3O5. The van der Waals surface area contributed by atoms with Gasteiger partial charge in [0.2, 0.25) is 5.91 Å². The highest BCUT2D eigenvalue weighted by atomic mass is 16.5. The molecule has 0 unspecified atom stereocenters. The fraction of sp³-hybridized carbons (Fsp3) is 0.640. The molecule has 0 bridgehead atoms. The Morgan fingerprint density at radius 1 is 1.00 bits per heavy atom. The number of hydrogen-bond donors (Lipinski definition) is 1. The van der Waals surface area contributed by atoms with Crippen molar-refractivity contribution in [3.8, 4) is 5.75 Å². The van der Waals surface area contributed by atoms with E-state index in [1.54, 1.807) is 12.0 Å². The van der Waals surface area contributed by atoms with Crippen molar-refractivity contribution in [1.82, 2.24) is 10.2 Å². The molecule has 1 aromatic carbocycles. The monoisotopic (exact) mass is 459 g/mol. The number of rotatable bonds is 7. The summed E-state index contributed by atoms with van der Waals surface area (Å²) in [5, 5.41) is 2.93. The fourth-order valence-electron chi connectivity index (χ4n) is 4.65. The fourth-order valence-corrected chi connectivity index (χ4v) is 4.65. The van der Waals surface area contributed by atoms with Gasteiger partial charge in [-0.3, -0.25) is 14.4 Å². The van der Waals surface area contributed by atoms with Gasteiger partial charge in [-0.2, -0.15) is 0 Å². The smallest absolute Gasteiger partial charge is 0.313 e. The second-order valence-electron chi connectivity index (χ2n) is 10.1. The number of nitrogens with zero attached hydrogens (tertiary/aromatic N) is 2. The molecule has 1 N–H and O–H groups in total. The third-order valence-corrected chi connectivity index (χ3v) is 6.40. The van der Waals surface area contributed by atoms with Gasteiger partial charge in [-0.05, 0) is 57.9 Å². The normalized spacial score (nSPS) is 18.1. The summed E-state index contributed by atoms with van der Waals surface area (Å²) in [7, 11) is 1.64. The predicted molar refractivity (Wildman–Crippen MR) is 126 cm³/mol. The van der Waals surface area contributed by atoms with Crippen LogP contribution in [-0.2, 0) is 19.1 Å². The van der Waals surface area contributed by atoms with Crippen molar-refractivity contribution in [2.75, 3.05) is 44.8 Å². The third-order valence-electron chi connectivity index (χ3n) is 6.40. The third kappa shape index (κ3) is 6.62. The van der Waals surface area contributed by atoms with Gasteiger partial charge >= 0.3 is 5.97 Å². The number of hydrogen-bond acceptors (Lipinski definition) is 6. The Morgan fingerprint density at radius 3 is 2.15 bits per heavy atom. The highest BCUT2D eigenvalue weighted by molar-refractivity contribution is 5.88. The zero-order valence-electron chi connectivity index (χ0n) is 20.3. The minimum atomic E-state index is -0.817. The Balaban J connectivity index is 1.49. The van der Waals surface area contributed by atoms with Gasteiger partial charge in [0.1, 0.15) is 5.75 Å². The molecule has 8 nitrogen and oxygen atoms in total. The second-order valence-corrected chi connectivity index (χ2v) is 10.1. The minimum Gasteiger partial charge on any atom is -0.497 e. The SMILES string of the molecule is COc1ccc(N2CCN(C(=O)COC(=O)C3(CC(=O)NC(C)(C)C)CCCC3)CC2)cc1. The van der Waals surface area contributed by atoms with Crippen LogP contribution in [0.25, 0.3) is 0 Å². The summed E-state index contributed by atoms with van der Waals surface area (Å²) < 4.78 is 10.7. The van der Waals surface area contributed by atoms with Gasteiger partial charge in [0.25, 0.3) is 5.91 Å². The molecule has 33 heavy (non-hydrogen) atoms. The molecular weight excluding hydrogens is 422 g/mol. The van der Waals surface area contributed by atoms with E-state index in [1.807, 2.05) is 45.0 Å². The molecule has 1 heterocycles. The molecule has 182 valence electrons. The van der Waals surface area contributed by atoms with Crippen molar-refractivity contribution in [1.29, 1.82) is 0 Å². The van der Waals surface area contributed by atoms with Gasteiger partial charge < -0.3 is 24.6 Å². The van der Waals surface area contributed by atoms with Gasteiger partial charge in [0.15, 0.2) is 6.61 Å². The van der Waals surface area contributed by atoms with E-state index in [9.17, 15) is 14.4 Å². The molecule has 1 aliphatic carbocycles. The maximum Gasteiger partial charge on any atom is 0.313 e. The summed E-state index contributed by atoms with van der Waals surface area (Å²) in [6.07, 6.45) is 3.13. The summed E-state index contributed by atoms with van der Waals surface area (Å²) in [5.41, 5.74) is -0.0843. The quantitative estimate of drug-likeness (QED) is 0.631. The van der Waals surface area contributed by atoms with Gasteiger partial charge in [-0.15, -0.1) is 0 Å². The Hall–Kier alpha value is -2.77. The lowest BCUT2D eigenvalue weighted by Crippen LogP contribution is -2.50. The van der Waals surface area contributed by atoms with Gasteiger partial charge in [0.05, 0.1) is 12.5 Å². The molecule has 0 radical (unpaired) electrons. The van der Waals surface area contributed by atoms with Crippen molar-refractivity contribution < 1.29 is 23.9 Å². The van der Waals surface area contributed by atoms with Gasteiger partial charge in [-0.25, -0.2) is 0 Å². The Morgan fingerprint density at radius 2 is 1.61 bits per heavy atom. The first-order chi connectivity index (χ1) is 15.6. The lowest BCUT2D eigenvalue weighted by atomic mass is 9.82. The highest BCUT2D eigenvalue weighted by Gasteiger charge is 2.45. The zero-order valence-corrected chi connectivity index (χ0v) is 20.3. The van der Waals surface area contributed by atoms with Crippen molar-refractivity contribution in [2.24, 2.45) is 5.41 Å². The lowest BCUT2D eigenvalue weighted by molar-refractivity contribution is -0.162. The van der Waals surface area contributed by atoms with E-state index in [0.717, 1.165) is 24.3 Å². The van der Waals surface area contributed by atoms with E-state index in [0.29, 0.717) is 39.0 Å². The molecule has 1 aliphatic heterocycles. The molecule has 8 heteroatoms. The number of amides is 2. The predicted octanol–water partition coefficient (Wildman–Crippen LogP) is 2.75. The molecule has 3 rings (SSSR count). The summed E-state index contributed by atoms with van der Waals surface area (Å²) >= 11 is 0. The molecule has 2 amide bonds. The lowest BCUT2D eigenvalue weighted by Gasteiger charge is -2.36. The molecule has 0 aromatic heterocycles. The number of esters is 1. The summed E-state index contributed by atoms with van der Waals surface area (Å²) in [6.45, 7) is 8.03. The first-order valence-corrected chi connectivity index (χ1v) is 11.8. The van der Waals surface area contributed by atoms with E-state index >= 15 is 0 Å². The molecule has 1 aromatic rings. The maximum atomic E-state index is 13.0. The van der Waals surface area contributed by atoms with Gasteiger partial charge in [0, 0.05) is 43.8 Å². The summed E-state index contributed by atoms with van der Waals surface area (Å²) in [6, 6.07) is 7.86. The Bertz CT molecular complexity index is 833. The van der Waals surface area contributed by atoms with Crippen molar-refractivity contribution >= 4 is 23.5 Å². The van der Waals surface area contributed by atoms with E-state index in [-0.39, 0.29) is 30.4 Å². The van der Waals surface area contributed by atoms with E-state index in [4.69, 9.17) is 9.47 Å². The van der Waals surface area contributed by atoms with Crippen molar-refractivity contribution in [3.05, 3.63) is 24.3 Å². The first-order valence-electron chi connectivity index (χ1n) is 11.8. The molecule has 2 aliphatic rings. The largest absolute Gasteiger partial charge is 0.497 e. The number of carbonyl (C=O) groups excluding carboxylic acids is 3. The molecule has 2 fully saturated rings. The topological polar surface area (TPSA) is 88.2 Å². The van der Waals surface area contributed by atoms with Crippen LogP contribution in [0.15, 0.2) is 24.3 Å². The van der Waals surface area contributed by atoms with Crippen LogP contribution in [-0.4, -0.2) is 68.1 Å². The van der Waals surface area contributed by atoms with Crippen LogP contribution in [0, 0.1) is 5.41 Å². The van der Waals surface area contributed by atoms with Crippen LogP contribution in [0.3, 0.4) is 0 Å². The van der Waals surface area contributed by atoms with E-state index in [2.05, 4.69) is 10.2 Å². The number of benzene rings is 1. The highest BCUT2D eigenvalue weighted by Crippen LogP contribution is 2.42. The van der Waals surface area contributed by atoms with Crippen LogP contribution in [0.1, 0.15) is 52.9 Å². The van der Waals surface area contributed by atoms with E-state index < -0.39 is 11.4 Å². The number of carbonyl (C=O) groups is 3. The molecule has 1 saturated carbocycles. The van der Waals surface area contributed by atoms with Crippen molar-refractivity contribution in [2.45, 2.75) is 58.4 Å². The Labute approximate surface area is 196 Å². The number of piperazine rings is 1. The average molecular weight is 460 g/mol. The van der Waals surface area contributed by atoms with Crippen LogP contribution >= 0.6 is 0 Å². The average Bonchev–Trinajstić information content (AvgIpc) is 3.25. The Kier molecular flexibility index (Phi) is 7.87. The van der Waals surface area contributed by atoms with Crippen LogP contribution in [0.4, 0.5) is 5.69 Å². The number of anilines is 1. The number of nitrogens with one attached hydrogen (secondary N) is 1. The number of ether oxygens (including phenoxy) is 2. The second kappa shape index (κ2) is 10.4. The van der Waals surface area contributed by atoms with Gasteiger partial charge in [-0.1, -0.05) is 12.8 Å². The molecule has 0 atom stereocenters. The summed E-state index contributed by atoms with van der Waals surface area (Å²) in [4.78, 5) is 42.1. The molecule has 1 saturated heterocycles. The van der Waals surface area contributed by atoms with E-state index in [1.165, 1.54) is 0 Å². The van der Waals surface area contributed by atoms with Crippen LogP contribution in [0.2, 0.25) is 0 Å². The van der Waals surface area contributed by atoms with Crippen molar-refractivity contribution in [3.63, 3.8) is 0 Å². The van der Waals surface area contributed by atoms with Crippen LogP contribution in [0.5, 0.6) is 5.75 Å². The first kappa shape index (κ1) is 24.9. The number of methoxy groups -OCH3 is 1.